The van der Waals surface area contributed by atoms with Crippen molar-refractivity contribution in [2.24, 2.45) is 0 Å². The predicted molar refractivity (Wildman–Crippen MR) is 66.4 cm³/mol. The van der Waals surface area contributed by atoms with E-state index in [1.807, 2.05) is 7.05 Å². The Morgan fingerprint density at radius 2 is 1.74 bits per heavy atom. The monoisotopic (exact) mass is 277 g/mol. The minimum Gasteiger partial charge on any atom is -0.490 e. The van der Waals surface area contributed by atoms with Crippen LogP contribution in [0.15, 0.2) is 24.3 Å². The molecule has 19 heavy (non-hydrogen) atoms. The van der Waals surface area contributed by atoms with Gasteiger partial charge in [-0.05, 0) is 45.0 Å². The van der Waals surface area contributed by atoms with Gasteiger partial charge in [0.05, 0.1) is 6.61 Å². The van der Waals surface area contributed by atoms with Crippen LogP contribution in [0.25, 0.3) is 0 Å². The van der Waals surface area contributed by atoms with Gasteiger partial charge in [0.1, 0.15) is 0 Å². The highest BCUT2D eigenvalue weighted by Crippen LogP contribution is 2.31. The van der Waals surface area contributed by atoms with Crippen molar-refractivity contribution >= 4 is 0 Å². The quantitative estimate of drug-likeness (QED) is 0.739. The topological polar surface area (TPSA) is 30.5 Å². The molecule has 0 bridgehead atoms. The Labute approximate surface area is 110 Å². The average molecular weight is 277 g/mol. The Balaban J connectivity index is 2.40. The number of hydrogen-bond donors (Lipinski definition) is 1. The van der Waals surface area contributed by atoms with E-state index in [0.29, 0.717) is 6.61 Å². The summed E-state index contributed by atoms with van der Waals surface area (Å²) in [5.41, 5.74) is 0. The van der Waals surface area contributed by atoms with Crippen LogP contribution in [0.4, 0.5) is 13.2 Å². The molecule has 0 saturated carbocycles. The lowest BCUT2D eigenvalue weighted by Gasteiger charge is -2.13. The van der Waals surface area contributed by atoms with Crippen molar-refractivity contribution in [2.45, 2.75) is 25.6 Å². The first-order valence-corrected chi connectivity index (χ1v) is 6.15. The lowest BCUT2D eigenvalue weighted by molar-refractivity contribution is -0.275. The predicted octanol–water partition coefficient (Wildman–Crippen LogP) is 3.35. The third-order valence-corrected chi connectivity index (χ3v) is 2.40. The van der Waals surface area contributed by atoms with Gasteiger partial charge < -0.3 is 14.8 Å². The van der Waals surface area contributed by atoms with Crippen LogP contribution >= 0.6 is 0 Å². The van der Waals surface area contributed by atoms with E-state index in [4.69, 9.17) is 4.74 Å². The van der Waals surface area contributed by atoms with Gasteiger partial charge in [0.15, 0.2) is 11.5 Å². The summed E-state index contributed by atoms with van der Waals surface area (Å²) < 4.78 is 45.7. The van der Waals surface area contributed by atoms with E-state index in [0.717, 1.165) is 25.8 Å². The second kappa shape index (κ2) is 7.89. The van der Waals surface area contributed by atoms with Crippen LogP contribution in [0.2, 0.25) is 0 Å². The molecule has 1 aromatic carbocycles. The molecule has 6 heteroatoms. The van der Waals surface area contributed by atoms with E-state index in [-0.39, 0.29) is 11.5 Å². The molecule has 0 unspecified atom stereocenters. The highest BCUT2D eigenvalue weighted by atomic mass is 19.4. The minimum atomic E-state index is -4.70. The second-order valence-electron chi connectivity index (χ2n) is 4.01. The third-order valence-electron chi connectivity index (χ3n) is 2.40. The molecule has 0 aromatic heterocycles. The van der Waals surface area contributed by atoms with Gasteiger partial charge in [0, 0.05) is 0 Å². The van der Waals surface area contributed by atoms with Crippen LogP contribution in [-0.4, -0.2) is 26.6 Å². The smallest absolute Gasteiger partial charge is 0.490 e. The highest BCUT2D eigenvalue weighted by Gasteiger charge is 2.32. The van der Waals surface area contributed by atoms with Crippen LogP contribution in [0.5, 0.6) is 11.5 Å². The second-order valence-corrected chi connectivity index (χ2v) is 4.01. The molecule has 3 nitrogen and oxygen atoms in total. The summed E-state index contributed by atoms with van der Waals surface area (Å²) in [6.07, 6.45) is -1.93. The maximum absolute atomic E-state index is 12.2. The summed E-state index contributed by atoms with van der Waals surface area (Å²) in [7, 11) is 1.88. The van der Waals surface area contributed by atoms with Gasteiger partial charge in [-0.3, -0.25) is 0 Å². The van der Waals surface area contributed by atoms with Crippen molar-refractivity contribution in [1.82, 2.24) is 5.32 Å². The van der Waals surface area contributed by atoms with Gasteiger partial charge in [-0.25, -0.2) is 0 Å². The lowest BCUT2D eigenvalue weighted by atomic mass is 10.2. The zero-order valence-electron chi connectivity index (χ0n) is 10.8. The molecule has 0 fully saturated rings. The van der Waals surface area contributed by atoms with E-state index in [1.165, 1.54) is 18.2 Å². The van der Waals surface area contributed by atoms with Gasteiger partial charge in [-0.15, -0.1) is 13.2 Å². The van der Waals surface area contributed by atoms with E-state index < -0.39 is 6.36 Å². The molecule has 0 heterocycles. The molecule has 0 aliphatic rings. The third kappa shape index (κ3) is 6.91. The van der Waals surface area contributed by atoms with Gasteiger partial charge in [-0.1, -0.05) is 12.1 Å². The fraction of sp³-hybridized carbons (Fsp3) is 0.538. The first kappa shape index (κ1) is 15.6. The fourth-order valence-corrected chi connectivity index (χ4v) is 1.54. The van der Waals surface area contributed by atoms with Crippen LogP contribution < -0.4 is 14.8 Å². The Morgan fingerprint density at radius 3 is 2.37 bits per heavy atom. The fourth-order valence-electron chi connectivity index (χ4n) is 1.54. The van der Waals surface area contributed by atoms with Gasteiger partial charge in [0.2, 0.25) is 0 Å². The molecule has 0 spiro atoms. The number of ether oxygens (including phenoxy) is 2. The van der Waals surface area contributed by atoms with Gasteiger partial charge >= 0.3 is 6.36 Å². The standard InChI is InChI=1S/C13H18F3NO2/c1-17-9-5-2-6-10-18-11-7-3-4-8-12(11)19-13(14,15)16/h3-4,7-8,17H,2,5-6,9-10H2,1H3. The number of halogens is 3. The number of benzene rings is 1. The van der Waals surface area contributed by atoms with Gasteiger partial charge in [0.25, 0.3) is 0 Å². The maximum Gasteiger partial charge on any atom is 0.573 e. The first-order valence-electron chi connectivity index (χ1n) is 6.15. The maximum atomic E-state index is 12.2. The molecule has 0 radical (unpaired) electrons. The Kier molecular flexibility index (Phi) is 6.49. The zero-order chi connectivity index (χ0) is 14.1. The molecule has 0 aliphatic heterocycles. The molecule has 1 N–H and O–H groups in total. The Hall–Kier alpha value is -1.43. The zero-order valence-corrected chi connectivity index (χ0v) is 10.8. The van der Waals surface area contributed by atoms with Crippen molar-refractivity contribution in [3.63, 3.8) is 0 Å². The van der Waals surface area contributed by atoms with E-state index >= 15 is 0 Å². The van der Waals surface area contributed by atoms with Crippen LogP contribution in [-0.2, 0) is 0 Å². The van der Waals surface area contributed by atoms with Gasteiger partial charge in [-0.2, -0.15) is 0 Å². The number of nitrogens with one attached hydrogen (secondary N) is 1. The van der Waals surface area contributed by atoms with Crippen molar-refractivity contribution in [1.29, 1.82) is 0 Å². The molecule has 108 valence electrons. The van der Waals surface area contributed by atoms with Crippen molar-refractivity contribution in [3.8, 4) is 11.5 Å². The summed E-state index contributed by atoms with van der Waals surface area (Å²) in [6.45, 7) is 1.30. The molecule has 1 aromatic rings. The average Bonchev–Trinajstić information content (AvgIpc) is 2.33. The molecule has 0 atom stereocenters. The Bertz CT molecular complexity index is 369. The number of unbranched alkanes of at least 4 members (excludes halogenated alkanes) is 2. The summed E-state index contributed by atoms with van der Waals surface area (Å²) >= 11 is 0. The summed E-state index contributed by atoms with van der Waals surface area (Å²) in [5, 5.41) is 3.03. The molecular formula is C13H18F3NO2. The number of hydrogen-bond acceptors (Lipinski definition) is 3. The first-order chi connectivity index (χ1) is 9.03. The molecule has 0 saturated heterocycles. The lowest BCUT2D eigenvalue weighted by Crippen LogP contribution is -2.17. The SMILES string of the molecule is CNCCCCCOc1ccccc1OC(F)(F)F. The van der Waals surface area contributed by atoms with Crippen molar-refractivity contribution in [3.05, 3.63) is 24.3 Å². The summed E-state index contributed by atoms with van der Waals surface area (Å²) in [6, 6.07) is 5.79. The van der Waals surface area contributed by atoms with Crippen molar-refractivity contribution in [2.75, 3.05) is 20.2 Å². The van der Waals surface area contributed by atoms with Crippen LogP contribution in [0.3, 0.4) is 0 Å². The van der Waals surface area contributed by atoms with E-state index in [9.17, 15) is 13.2 Å². The minimum absolute atomic E-state index is 0.119. The summed E-state index contributed by atoms with van der Waals surface area (Å²) in [4.78, 5) is 0. The van der Waals surface area contributed by atoms with Crippen LogP contribution in [0.1, 0.15) is 19.3 Å². The largest absolute Gasteiger partial charge is 0.573 e. The molecule has 0 aliphatic carbocycles. The number of para-hydroxylation sites is 2. The number of alkyl halides is 3. The van der Waals surface area contributed by atoms with Crippen molar-refractivity contribution < 1.29 is 22.6 Å². The highest BCUT2D eigenvalue weighted by molar-refractivity contribution is 5.39. The normalized spacial score (nSPS) is 11.4. The van der Waals surface area contributed by atoms with E-state index in [2.05, 4.69) is 10.1 Å². The van der Waals surface area contributed by atoms with E-state index in [1.54, 1.807) is 6.07 Å². The van der Waals surface area contributed by atoms with Crippen LogP contribution in [0, 0.1) is 0 Å². The summed E-state index contributed by atoms with van der Waals surface area (Å²) in [5.74, 6) is -0.182. The molecular weight excluding hydrogens is 259 g/mol. The molecule has 0 amide bonds. The molecule has 1 rings (SSSR count). The number of rotatable bonds is 8. The Morgan fingerprint density at radius 1 is 1.05 bits per heavy atom.